The van der Waals surface area contributed by atoms with Gasteiger partial charge in [0.25, 0.3) is 0 Å². The summed E-state index contributed by atoms with van der Waals surface area (Å²) in [6.45, 7) is 0. The number of ether oxygens (including phenoxy) is 2. The molecule has 2 aromatic rings. The van der Waals surface area contributed by atoms with Crippen molar-refractivity contribution >= 4 is 10.9 Å². The second-order valence-electron chi connectivity index (χ2n) is 4.06. The van der Waals surface area contributed by atoms with Gasteiger partial charge in [0.15, 0.2) is 6.29 Å². The molecule has 0 radical (unpaired) electrons. The highest BCUT2D eigenvalue weighted by atomic mass is 16.7. The SMILES string of the molecule is CNC(c1ccc2cccnc2c1)C(OC)OC. The summed E-state index contributed by atoms with van der Waals surface area (Å²) in [5.41, 5.74) is 2.07. The Morgan fingerprint density at radius 2 is 1.94 bits per heavy atom. The Morgan fingerprint density at radius 1 is 1.17 bits per heavy atom. The molecule has 0 fully saturated rings. The molecule has 0 amide bonds. The van der Waals surface area contributed by atoms with Crippen molar-refractivity contribution in [1.29, 1.82) is 0 Å². The highest BCUT2D eigenvalue weighted by molar-refractivity contribution is 5.79. The molecular weight excluding hydrogens is 228 g/mol. The van der Waals surface area contributed by atoms with E-state index < -0.39 is 0 Å². The molecule has 2 rings (SSSR count). The van der Waals surface area contributed by atoms with E-state index in [1.54, 1.807) is 20.4 Å². The van der Waals surface area contributed by atoms with E-state index in [9.17, 15) is 0 Å². The van der Waals surface area contributed by atoms with E-state index in [2.05, 4.69) is 28.5 Å². The molecule has 96 valence electrons. The topological polar surface area (TPSA) is 43.4 Å². The van der Waals surface area contributed by atoms with Crippen molar-refractivity contribution < 1.29 is 9.47 Å². The average molecular weight is 246 g/mol. The standard InChI is InChI=1S/C14H18N2O2/c1-15-13(14(17-2)18-3)11-7-6-10-5-4-8-16-12(10)9-11/h4-9,13-15H,1-3H3. The Morgan fingerprint density at radius 3 is 2.61 bits per heavy atom. The van der Waals surface area contributed by atoms with Crippen molar-refractivity contribution in [2.24, 2.45) is 0 Å². The Kier molecular flexibility index (Phi) is 4.25. The summed E-state index contributed by atoms with van der Waals surface area (Å²) in [5, 5.41) is 4.33. The molecule has 1 aromatic heterocycles. The Balaban J connectivity index is 2.39. The number of hydrogen-bond acceptors (Lipinski definition) is 4. The number of fused-ring (bicyclic) bond motifs is 1. The normalized spacial score (nSPS) is 13.1. The molecular formula is C14H18N2O2. The molecule has 1 atom stereocenters. The van der Waals surface area contributed by atoms with Crippen LogP contribution in [0.25, 0.3) is 10.9 Å². The monoisotopic (exact) mass is 246 g/mol. The minimum atomic E-state index is -0.323. The first-order chi connectivity index (χ1) is 8.80. The number of pyridine rings is 1. The number of hydrogen-bond donors (Lipinski definition) is 1. The lowest BCUT2D eigenvalue weighted by atomic mass is 10.0. The van der Waals surface area contributed by atoms with E-state index in [0.29, 0.717) is 0 Å². The molecule has 0 saturated heterocycles. The third kappa shape index (κ3) is 2.51. The minimum Gasteiger partial charge on any atom is -0.354 e. The quantitative estimate of drug-likeness (QED) is 0.821. The number of likely N-dealkylation sites (N-methyl/N-ethyl adjacent to an activating group) is 1. The van der Waals surface area contributed by atoms with Crippen LogP contribution in [0.15, 0.2) is 36.5 Å². The maximum atomic E-state index is 5.31. The number of aromatic nitrogens is 1. The molecule has 0 aliphatic heterocycles. The lowest BCUT2D eigenvalue weighted by Gasteiger charge is -2.24. The zero-order valence-corrected chi connectivity index (χ0v) is 10.9. The maximum Gasteiger partial charge on any atom is 0.176 e. The van der Waals surface area contributed by atoms with Crippen LogP contribution in [-0.2, 0) is 9.47 Å². The van der Waals surface area contributed by atoms with Gasteiger partial charge in [-0.2, -0.15) is 0 Å². The number of nitrogens with one attached hydrogen (secondary N) is 1. The predicted octanol–water partition coefficient (Wildman–Crippen LogP) is 2.11. The zero-order chi connectivity index (χ0) is 13.0. The lowest BCUT2D eigenvalue weighted by Crippen LogP contribution is -2.32. The van der Waals surface area contributed by atoms with Crippen LogP contribution in [0.4, 0.5) is 0 Å². The maximum absolute atomic E-state index is 5.31. The molecule has 0 spiro atoms. The highest BCUT2D eigenvalue weighted by Gasteiger charge is 2.21. The van der Waals surface area contributed by atoms with Crippen LogP contribution in [0, 0.1) is 0 Å². The van der Waals surface area contributed by atoms with Crippen molar-refractivity contribution in [2.75, 3.05) is 21.3 Å². The van der Waals surface area contributed by atoms with Crippen molar-refractivity contribution in [3.63, 3.8) is 0 Å². The molecule has 18 heavy (non-hydrogen) atoms. The molecule has 1 aromatic carbocycles. The smallest absolute Gasteiger partial charge is 0.176 e. The fourth-order valence-electron chi connectivity index (χ4n) is 2.11. The van der Waals surface area contributed by atoms with Gasteiger partial charge in [-0.25, -0.2) is 0 Å². The Labute approximate surface area is 107 Å². The first-order valence-corrected chi connectivity index (χ1v) is 5.87. The van der Waals surface area contributed by atoms with E-state index in [4.69, 9.17) is 9.47 Å². The fourth-order valence-corrected chi connectivity index (χ4v) is 2.11. The molecule has 0 bridgehead atoms. The largest absolute Gasteiger partial charge is 0.354 e. The Hall–Kier alpha value is -1.49. The van der Waals surface area contributed by atoms with Gasteiger partial charge in [0.1, 0.15) is 0 Å². The van der Waals surface area contributed by atoms with Gasteiger partial charge in [0.2, 0.25) is 0 Å². The van der Waals surface area contributed by atoms with E-state index >= 15 is 0 Å². The molecule has 1 N–H and O–H groups in total. The van der Waals surface area contributed by atoms with Crippen LogP contribution in [0.5, 0.6) is 0 Å². The predicted molar refractivity (Wildman–Crippen MR) is 71.3 cm³/mol. The van der Waals surface area contributed by atoms with E-state index in [0.717, 1.165) is 16.5 Å². The lowest BCUT2D eigenvalue weighted by molar-refractivity contribution is -0.123. The van der Waals surface area contributed by atoms with E-state index in [1.165, 1.54) is 0 Å². The third-order valence-electron chi connectivity index (χ3n) is 3.04. The van der Waals surface area contributed by atoms with Crippen LogP contribution in [-0.4, -0.2) is 32.5 Å². The summed E-state index contributed by atoms with van der Waals surface area (Å²) in [6.07, 6.45) is 1.47. The summed E-state index contributed by atoms with van der Waals surface area (Å²) in [6, 6.07) is 10.1. The molecule has 0 aliphatic rings. The average Bonchev–Trinajstić information content (AvgIpc) is 2.44. The van der Waals surface area contributed by atoms with Gasteiger partial charge in [-0.1, -0.05) is 18.2 Å². The molecule has 0 aliphatic carbocycles. The molecule has 4 heteroatoms. The number of methoxy groups -OCH3 is 2. The summed E-state index contributed by atoms with van der Waals surface area (Å²) in [5.74, 6) is 0. The second-order valence-corrected chi connectivity index (χ2v) is 4.06. The zero-order valence-electron chi connectivity index (χ0n) is 10.9. The summed E-state index contributed by atoms with van der Waals surface area (Å²) in [7, 11) is 5.16. The number of benzene rings is 1. The summed E-state index contributed by atoms with van der Waals surface area (Å²) >= 11 is 0. The molecule has 1 unspecified atom stereocenters. The van der Waals surface area contributed by atoms with Crippen LogP contribution < -0.4 is 5.32 Å². The van der Waals surface area contributed by atoms with Crippen LogP contribution >= 0.6 is 0 Å². The van der Waals surface area contributed by atoms with Gasteiger partial charge in [-0.15, -0.1) is 0 Å². The number of nitrogens with zero attached hydrogens (tertiary/aromatic N) is 1. The second kappa shape index (κ2) is 5.91. The Bertz CT molecular complexity index is 512. The van der Waals surface area contributed by atoms with Gasteiger partial charge in [0.05, 0.1) is 11.6 Å². The van der Waals surface area contributed by atoms with Gasteiger partial charge in [-0.3, -0.25) is 4.98 Å². The van der Waals surface area contributed by atoms with Gasteiger partial charge < -0.3 is 14.8 Å². The van der Waals surface area contributed by atoms with E-state index in [1.807, 2.05) is 19.2 Å². The summed E-state index contributed by atoms with van der Waals surface area (Å²) < 4.78 is 10.6. The first-order valence-electron chi connectivity index (χ1n) is 5.87. The third-order valence-corrected chi connectivity index (χ3v) is 3.04. The van der Waals surface area contributed by atoms with Gasteiger partial charge in [0, 0.05) is 25.8 Å². The summed E-state index contributed by atoms with van der Waals surface area (Å²) in [4.78, 5) is 4.36. The minimum absolute atomic E-state index is 0.0218. The van der Waals surface area contributed by atoms with Gasteiger partial charge in [-0.05, 0) is 24.7 Å². The van der Waals surface area contributed by atoms with Crippen LogP contribution in [0.1, 0.15) is 11.6 Å². The van der Waals surface area contributed by atoms with Crippen molar-refractivity contribution in [1.82, 2.24) is 10.3 Å². The van der Waals surface area contributed by atoms with Crippen molar-refractivity contribution in [3.8, 4) is 0 Å². The molecule has 1 heterocycles. The van der Waals surface area contributed by atoms with Crippen LogP contribution in [0.2, 0.25) is 0 Å². The molecule has 4 nitrogen and oxygen atoms in total. The van der Waals surface area contributed by atoms with Crippen molar-refractivity contribution in [2.45, 2.75) is 12.3 Å². The fraction of sp³-hybridized carbons (Fsp3) is 0.357. The van der Waals surface area contributed by atoms with Crippen LogP contribution in [0.3, 0.4) is 0 Å². The van der Waals surface area contributed by atoms with E-state index in [-0.39, 0.29) is 12.3 Å². The highest BCUT2D eigenvalue weighted by Crippen LogP contribution is 2.22. The molecule has 0 saturated carbocycles. The first kappa shape index (κ1) is 13.0. The number of rotatable bonds is 5. The van der Waals surface area contributed by atoms with Gasteiger partial charge >= 0.3 is 0 Å². The van der Waals surface area contributed by atoms with Crippen molar-refractivity contribution in [3.05, 3.63) is 42.1 Å².